The van der Waals surface area contributed by atoms with Gasteiger partial charge < -0.3 is 34.3 Å². The Morgan fingerprint density at radius 3 is 2.34 bits per heavy atom. The van der Waals surface area contributed by atoms with Gasteiger partial charge in [-0.05, 0) is 97.3 Å². The minimum atomic E-state index is -0.982. The number of phenols is 1. The molecule has 4 rings (SSSR count). The molecule has 0 bridgehead atoms. The van der Waals surface area contributed by atoms with Crippen LogP contribution in [0.2, 0.25) is 0 Å². The monoisotopic (exact) mass is 534 g/mol. The largest absolute Gasteiger partial charge is 0.508 e. The zero-order chi connectivity index (χ0) is 27.0. The van der Waals surface area contributed by atoms with E-state index < -0.39 is 5.97 Å². The molecule has 214 valence electrons. The minimum absolute atomic E-state index is 0.0517. The fraction of sp³-hybridized carbons (Fsp3) is 0.767. The Balaban J connectivity index is 1.14. The van der Waals surface area contributed by atoms with Crippen LogP contribution in [0.4, 0.5) is 0 Å². The second-order valence-electron chi connectivity index (χ2n) is 11.6. The third kappa shape index (κ3) is 7.27. The van der Waals surface area contributed by atoms with Gasteiger partial charge in [-0.25, -0.2) is 4.79 Å². The maximum atomic E-state index is 10.8. The molecule has 0 spiro atoms. The Hall–Kier alpha value is -1.71. The number of carboxylic acid groups (broad SMARTS) is 1. The zero-order valence-corrected chi connectivity index (χ0v) is 22.8. The smallest absolute Gasteiger partial charge is 0.329 e. The second kappa shape index (κ2) is 14.1. The Bertz CT molecular complexity index is 891. The van der Waals surface area contributed by atoms with E-state index in [9.17, 15) is 15.0 Å². The highest BCUT2D eigenvalue weighted by Crippen LogP contribution is 2.62. The molecule has 0 aliphatic heterocycles. The van der Waals surface area contributed by atoms with Gasteiger partial charge in [0.1, 0.15) is 12.4 Å². The molecule has 0 amide bonds. The molecular weight excluding hydrogens is 488 g/mol. The number of aliphatic carboxylic acids is 1. The fourth-order valence-corrected chi connectivity index (χ4v) is 7.46. The van der Waals surface area contributed by atoms with Crippen LogP contribution >= 0.6 is 0 Å². The molecule has 6 atom stereocenters. The van der Waals surface area contributed by atoms with E-state index in [1.165, 1.54) is 11.1 Å². The van der Waals surface area contributed by atoms with Crippen molar-refractivity contribution in [1.29, 1.82) is 0 Å². The summed E-state index contributed by atoms with van der Waals surface area (Å²) in [5.41, 5.74) is 2.81. The minimum Gasteiger partial charge on any atom is -0.508 e. The van der Waals surface area contributed by atoms with Gasteiger partial charge in [-0.1, -0.05) is 19.4 Å². The van der Waals surface area contributed by atoms with Gasteiger partial charge in [0.05, 0.1) is 45.7 Å². The van der Waals surface area contributed by atoms with Crippen molar-refractivity contribution >= 4 is 5.97 Å². The number of aromatic hydroxyl groups is 1. The Labute approximate surface area is 226 Å². The van der Waals surface area contributed by atoms with Crippen LogP contribution in [0.1, 0.15) is 68.9 Å². The number of hydrogen-bond acceptors (Lipinski definition) is 7. The van der Waals surface area contributed by atoms with Crippen LogP contribution in [0.15, 0.2) is 18.2 Å². The molecule has 3 aliphatic carbocycles. The predicted octanol–water partition coefficient (Wildman–Crippen LogP) is 4.16. The molecule has 8 nitrogen and oxygen atoms in total. The third-order valence-corrected chi connectivity index (χ3v) is 9.29. The van der Waals surface area contributed by atoms with Crippen molar-refractivity contribution in [3.8, 4) is 5.75 Å². The Kier molecular flexibility index (Phi) is 10.8. The van der Waals surface area contributed by atoms with Gasteiger partial charge in [0.25, 0.3) is 0 Å². The van der Waals surface area contributed by atoms with Crippen molar-refractivity contribution in [1.82, 2.24) is 0 Å². The summed E-state index contributed by atoms with van der Waals surface area (Å²) >= 11 is 0. The van der Waals surface area contributed by atoms with E-state index in [4.69, 9.17) is 24.1 Å². The van der Waals surface area contributed by atoms with Crippen molar-refractivity contribution in [2.75, 3.05) is 52.9 Å². The second-order valence-corrected chi connectivity index (χ2v) is 11.6. The van der Waals surface area contributed by atoms with Crippen LogP contribution in [-0.2, 0) is 30.2 Å². The number of rotatable bonds is 16. The number of unbranched alkanes of at least 4 members (excludes halogenated alkanes) is 1. The molecule has 3 aliphatic rings. The lowest BCUT2D eigenvalue weighted by molar-refractivity contribution is -0.142. The summed E-state index contributed by atoms with van der Waals surface area (Å²) in [4.78, 5) is 10.3. The Morgan fingerprint density at radius 1 is 0.947 bits per heavy atom. The summed E-state index contributed by atoms with van der Waals surface area (Å²) in [6.07, 6.45) is 8.44. The molecule has 38 heavy (non-hydrogen) atoms. The number of hydrogen-bond donors (Lipinski definition) is 3. The van der Waals surface area contributed by atoms with Crippen LogP contribution in [0, 0.1) is 23.2 Å². The lowest BCUT2D eigenvalue weighted by Gasteiger charge is -2.53. The maximum Gasteiger partial charge on any atom is 0.329 e. The quantitative estimate of drug-likeness (QED) is 0.271. The van der Waals surface area contributed by atoms with Crippen molar-refractivity contribution in [2.45, 2.75) is 70.3 Å². The van der Waals surface area contributed by atoms with Gasteiger partial charge in [0, 0.05) is 6.61 Å². The molecule has 1 aromatic rings. The molecule has 0 radical (unpaired) electrons. The van der Waals surface area contributed by atoms with Crippen LogP contribution in [0.25, 0.3) is 0 Å². The van der Waals surface area contributed by atoms with Gasteiger partial charge >= 0.3 is 5.97 Å². The molecule has 2 saturated carbocycles. The lowest BCUT2D eigenvalue weighted by Crippen LogP contribution is -2.47. The molecule has 0 heterocycles. The highest BCUT2D eigenvalue weighted by molar-refractivity contribution is 5.67. The van der Waals surface area contributed by atoms with Crippen molar-refractivity contribution in [3.05, 3.63) is 29.3 Å². The number of aliphatic hydroxyl groups excluding tert-OH is 1. The number of carboxylic acids is 1. The van der Waals surface area contributed by atoms with E-state index in [1.807, 2.05) is 12.1 Å². The summed E-state index contributed by atoms with van der Waals surface area (Å²) < 4.78 is 21.5. The average Bonchev–Trinajstić information content (AvgIpc) is 3.19. The van der Waals surface area contributed by atoms with Gasteiger partial charge in [-0.3, -0.25) is 0 Å². The molecule has 2 fully saturated rings. The molecular formula is C30H46O8. The van der Waals surface area contributed by atoms with Crippen molar-refractivity contribution in [3.63, 3.8) is 0 Å². The number of carbonyl (C=O) groups is 1. The van der Waals surface area contributed by atoms with E-state index in [0.717, 1.165) is 58.0 Å². The number of benzene rings is 1. The van der Waals surface area contributed by atoms with E-state index in [1.54, 1.807) is 0 Å². The normalized spacial score (nSPS) is 30.0. The van der Waals surface area contributed by atoms with Crippen LogP contribution in [-0.4, -0.2) is 80.2 Å². The van der Waals surface area contributed by atoms with Gasteiger partial charge in [-0.15, -0.1) is 0 Å². The first-order valence-electron chi connectivity index (χ1n) is 14.4. The summed E-state index contributed by atoms with van der Waals surface area (Å²) in [5, 5.41) is 29.4. The highest BCUT2D eigenvalue weighted by atomic mass is 16.6. The molecule has 6 unspecified atom stereocenters. The van der Waals surface area contributed by atoms with Crippen LogP contribution in [0.3, 0.4) is 0 Å². The molecule has 0 aromatic heterocycles. The third-order valence-electron chi connectivity index (χ3n) is 9.29. The SMILES string of the molecule is CC12CCC3c4ccc(O)cc4CC(CCCCOCCOCCOCCOCC(=O)O)C3C1CCC2O. The number of ether oxygens (including phenoxy) is 4. The number of fused-ring (bicyclic) bond motifs is 5. The summed E-state index contributed by atoms with van der Waals surface area (Å²) in [7, 11) is 0. The van der Waals surface area contributed by atoms with Gasteiger partial charge in [-0.2, -0.15) is 0 Å². The van der Waals surface area contributed by atoms with E-state index in [2.05, 4.69) is 13.0 Å². The first kappa shape index (κ1) is 29.3. The van der Waals surface area contributed by atoms with Crippen molar-refractivity contribution < 1.29 is 39.1 Å². The maximum absolute atomic E-state index is 10.8. The zero-order valence-electron chi connectivity index (χ0n) is 22.8. The first-order valence-corrected chi connectivity index (χ1v) is 14.4. The van der Waals surface area contributed by atoms with E-state index in [-0.39, 0.29) is 24.7 Å². The number of aliphatic hydroxyl groups is 1. The summed E-state index contributed by atoms with van der Waals surface area (Å²) in [6.45, 7) is 5.34. The van der Waals surface area contributed by atoms with Gasteiger partial charge in [0.2, 0.25) is 0 Å². The van der Waals surface area contributed by atoms with E-state index >= 15 is 0 Å². The molecule has 1 aromatic carbocycles. The average molecular weight is 535 g/mol. The number of phenolic OH excluding ortho intramolecular Hbond substituents is 1. The predicted molar refractivity (Wildman–Crippen MR) is 142 cm³/mol. The standard InChI is InChI=1S/C30H46O8/c1-30-10-9-25-24-6-5-23(31)19-22(24)18-21(29(25)26(30)7-8-27(30)32)4-2-3-11-35-12-13-36-14-15-37-16-17-38-20-28(33)34/h5-6,19,21,25-27,29,31-32H,2-4,7-18,20H2,1H3,(H,33,34). The fourth-order valence-electron chi connectivity index (χ4n) is 7.46. The Morgan fingerprint density at radius 2 is 1.63 bits per heavy atom. The van der Waals surface area contributed by atoms with Gasteiger partial charge in [0.15, 0.2) is 0 Å². The van der Waals surface area contributed by atoms with E-state index in [0.29, 0.717) is 62.5 Å². The molecule has 0 saturated heterocycles. The molecule has 3 N–H and O–H groups in total. The highest BCUT2D eigenvalue weighted by Gasteiger charge is 2.56. The first-order chi connectivity index (χ1) is 18.4. The van der Waals surface area contributed by atoms with Crippen LogP contribution < -0.4 is 0 Å². The van der Waals surface area contributed by atoms with Crippen LogP contribution in [0.5, 0.6) is 5.75 Å². The summed E-state index contributed by atoms with van der Waals surface area (Å²) in [5.74, 6) is 1.71. The lowest BCUT2D eigenvalue weighted by atomic mass is 9.52. The van der Waals surface area contributed by atoms with Crippen molar-refractivity contribution in [2.24, 2.45) is 23.2 Å². The molecule has 8 heteroatoms. The summed E-state index contributed by atoms with van der Waals surface area (Å²) in [6, 6.07) is 5.99. The topological polar surface area (TPSA) is 115 Å².